The lowest BCUT2D eigenvalue weighted by molar-refractivity contribution is 0.0241. The molecule has 0 radical (unpaired) electrons. The molecule has 1 saturated heterocycles. The Morgan fingerprint density at radius 3 is 2.50 bits per heavy atom. The molecule has 3 N–H and O–H groups in total. The molecule has 1 rings (SSSR count). The van der Waals surface area contributed by atoms with E-state index in [-0.39, 0.29) is 5.60 Å². The van der Waals surface area contributed by atoms with Gasteiger partial charge in [0.1, 0.15) is 0 Å². The molecule has 0 spiro atoms. The van der Waals surface area contributed by atoms with Crippen molar-refractivity contribution in [3.63, 3.8) is 0 Å². The Morgan fingerprint density at radius 1 is 1.30 bits per heavy atom. The lowest BCUT2D eigenvalue weighted by atomic mass is 9.98. The molecule has 5 nitrogen and oxygen atoms in total. The quantitative estimate of drug-likeness (QED) is 0.492. The van der Waals surface area contributed by atoms with Crippen molar-refractivity contribution in [1.82, 2.24) is 10.6 Å². The first-order chi connectivity index (χ1) is 9.47. The summed E-state index contributed by atoms with van der Waals surface area (Å²) in [6, 6.07) is 0. The zero-order valence-corrected chi connectivity index (χ0v) is 13.5. The van der Waals surface area contributed by atoms with Gasteiger partial charge in [-0.3, -0.25) is 4.99 Å². The summed E-state index contributed by atoms with van der Waals surface area (Å²) >= 11 is 0. The van der Waals surface area contributed by atoms with Crippen LogP contribution in [0.5, 0.6) is 0 Å². The highest BCUT2D eigenvalue weighted by atomic mass is 16.5. The van der Waals surface area contributed by atoms with Gasteiger partial charge in [-0.2, -0.15) is 0 Å². The molecule has 0 amide bonds. The van der Waals surface area contributed by atoms with E-state index in [0.717, 1.165) is 38.5 Å². The molecule has 5 heteroatoms. The molecular formula is C15H31N3O2. The maximum absolute atomic E-state index is 10.3. The Morgan fingerprint density at radius 2 is 2.00 bits per heavy atom. The fourth-order valence-electron chi connectivity index (χ4n) is 2.29. The van der Waals surface area contributed by atoms with Gasteiger partial charge in [0.05, 0.1) is 17.7 Å². The second kappa shape index (κ2) is 7.84. The Kier molecular flexibility index (Phi) is 6.76. The fourth-order valence-corrected chi connectivity index (χ4v) is 2.29. The van der Waals surface area contributed by atoms with Crippen LogP contribution in [0.25, 0.3) is 0 Å². The van der Waals surface area contributed by atoms with Crippen LogP contribution in [0.15, 0.2) is 4.99 Å². The first-order valence-corrected chi connectivity index (χ1v) is 7.85. The molecule has 1 unspecified atom stereocenters. The second-order valence-electron chi connectivity index (χ2n) is 5.88. The summed E-state index contributed by atoms with van der Waals surface area (Å²) in [6.45, 7) is 11.0. The lowest BCUT2D eigenvalue weighted by Gasteiger charge is -2.26. The van der Waals surface area contributed by atoms with Crippen molar-refractivity contribution in [3.05, 3.63) is 0 Å². The molecule has 1 aliphatic heterocycles. The number of aliphatic imine (C=N–C) groups is 1. The largest absolute Gasteiger partial charge is 0.388 e. The Hall–Kier alpha value is -0.810. The van der Waals surface area contributed by atoms with Gasteiger partial charge in [-0.25, -0.2) is 0 Å². The fraction of sp³-hybridized carbons (Fsp3) is 0.933. The minimum absolute atomic E-state index is 0.0952. The SMILES string of the molecule is CCNC(=NCC(O)(CC)CC)NCC1(C)CCCO1. The van der Waals surface area contributed by atoms with Crippen LogP contribution in [0.3, 0.4) is 0 Å². The minimum atomic E-state index is -0.698. The van der Waals surface area contributed by atoms with Crippen LogP contribution in [0.4, 0.5) is 0 Å². The van der Waals surface area contributed by atoms with Crippen LogP contribution in [-0.4, -0.2) is 48.5 Å². The van der Waals surface area contributed by atoms with Crippen molar-refractivity contribution in [1.29, 1.82) is 0 Å². The van der Waals surface area contributed by atoms with Crippen molar-refractivity contribution >= 4 is 5.96 Å². The highest BCUT2D eigenvalue weighted by Gasteiger charge is 2.30. The van der Waals surface area contributed by atoms with Crippen molar-refractivity contribution in [2.75, 3.05) is 26.2 Å². The van der Waals surface area contributed by atoms with Gasteiger partial charge in [0.25, 0.3) is 0 Å². The topological polar surface area (TPSA) is 65.9 Å². The van der Waals surface area contributed by atoms with Gasteiger partial charge in [-0.15, -0.1) is 0 Å². The van der Waals surface area contributed by atoms with E-state index in [0.29, 0.717) is 19.4 Å². The summed E-state index contributed by atoms with van der Waals surface area (Å²) in [5.74, 6) is 0.754. The highest BCUT2D eigenvalue weighted by molar-refractivity contribution is 5.79. The third-order valence-electron chi connectivity index (χ3n) is 4.12. The predicted octanol–water partition coefficient (Wildman–Crippen LogP) is 1.66. The van der Waals surface area contributed by atoms with E-state index in [1.165, 1.54) is 0 Å². The van der Waals surface area contributed by atoms with E-state index in [9.17, 15) is 5.11 Å². The molecule has 0 saturated carbocycles. The summed E-state index contributed by atoms with van der Waals surface area (Å²) in [7, 11) is 0. The molecule has 20 heavy (non-hydrogen) atoms. The van der Waals surface area contributed by atoms with E-state index in [4.69, 9.17) is 4.74 Å². The zero-order chi connectivity index (χ0) is 15.1. The first-order valence-electron chi connectivity index (χ1n) is 7.85. The number of nitrogens with one attached hydrogen (secondary N) is 2. The molecule has 0 aromatic carbocycles. The Balaban J connectivity index is 2.54. The average molecular weight is 285 g/mol. The summed E-state index contributed by atoms with van der Waals surface area (Å²) < 4.78 is 5.76. The summed E-state index contributed by atoms with van der Waals surface area (Å²) in [5, 5.41) is 16.8. The second-order valence-corrected chi connectivity index (χ2v) is 5.88. The number of guanidine groups is 1. The first kappa shape index (κ1) is 17.2. The Bertz CT molecular complexity index is 308. The molecule has 118 valence electrons. The Labute approximate surface area is 123 Å². The smallest absolute Gasteiger partial charge is 0.191 e. The van der Waals surface area contributed by atoms with Crippen molar-refractivity contribution in [2.24, 2.45) is 4.99 Å². The molecule has 1 heterocycles. The molecule has 1 fully saturated rings. The normalized spacial score (nSPS) is 23.9. The molecule has 1 aliphatic rings. The molecular weight excluding hydrogens is 254 g/mol. The summed E-state index contributed by atoms with van der Waals surface area (Å²) in [6.07, 6.45) is 3.63. The molecule has 0 aromatic heterocycles. The van der Waals surface area contributed by atoms with Crippen molar-refractivity contribution < 1.29 is 9.84 Å². The van der Waals surface area contributed by atoms with E-state index in [1.807, 2.05) is 20.8 Å². The van der Waals surface area contributed by atoms with Gasteiger partial charge in [0.15, 0.2) is 5.96 Å². The molecule has 0 bridgehead atoms. The number of hydrogen-bond acceptors (Lipinski definition) is 3. The van der Waals surface area contributed by atoms with Gasteiger partial charge in [-0.1, -0.05) is 13.8 Å². The monoisotopic (exact) mass is 285 g/mol. The third-order valence-corrected chi connectivity index (χ3v) is 4.12. The van der Waals surface area contributed by atoms with E-state index in [2.05, 4.69) is 22.5 Å². The lowest BCUT2D eigenvalue weighted by Crippen LogP contribution is -2.46. The number of ether oxygens (including phenoxy) is 1. The van der Waals surface area contributed by atoms with Gasteiger partial charge >= 0.3 is 0 Å². The maximum atomic E-state index is 10.3. The third kappa shape index (κ3) is 5.29. The van der Waals surface area contributed by atoms with E-state index in [1.54, 1.807) is 0 Å². The summed E-state index contributed by atoms with van der Waals surface area (Å²) in [4.78, 5) is 4.51. The van der Waals surface area contributed by atoms with Gasteiger partial charge in [-0.05, 0) is 39.5 Å². The maximum Gasteiger partial charge on any atom is 0.191 e. The van der Waals surface area contributed by atoms with Crippen LogP contribution in [0, 0.1) is 0 Å². The van der Waals surface area contributed by atoms with Crippen molar-refractivity contribution in [2.45, 2.75) is 64.6 Å². The predicted molar refractivity (Wildman–Crippen MR) is 83.1 cm³/mol. The number of rotatable bonds is 7. The average Bonchev–Trinajstić information content (AvgIpc) is 2.89. The van der Waals surface area contributed by atoms with Crippen LogP contribution < -0.4 is 10.6 Å². The van der Waals surface area contributed by atoms with E-state index >= 15 is 0 Å². The van der Waals surface area contributed by atoms with Crippen LogP contribution in [0.1, 0.15) is 53.4 Å². The van der Waals surface area contributed by atoms with Gasteiger partial charge < -0.3 is 20.5 Å². The standard InChI is InChI=1S/C15H31N3O2/c1-5-15(19,6-2)12-18-13(16-7-3)17-11-14(4)9-8-10-20-14/h19H,5-12H2,1-4H3,(H2,16,17,18). The number of nitrogens with zero attached hydrogens (tertiary/aromatic N) is 1. The van der Waals surface area contributed by atoms with E-state index < -0.39 is 5.60 Å². The zero-order valence-electron chi connectivity index (χ0n) is 13.5. The van der Waals surface area contributed by atoms with Crippen LogP contribution in [-0.2, 0) is 4.74 Å². The molecule has 0 aromatic rings. The minimum Gasteiger partial charge on any atom is -0.388 e. The summed E-state index contributed by atoms with van der Waals surface area (Å²) in [5.41, 5.74) is -0.794. The number of hydrogen-bond donors (Lipinski definition) is 3. The van der Waals surface area contributed by atoms with Crippen LogP contribution in [0.2, 0.25) is 0 Å². The van der Waals surface area contributed by atoms with Crippen molar-refractivity contribution in [3.8, 4) is 0 Å². The molecule has 0 aliphatic carbocycles. The van der Waals surface area contributed by atoms with Gasteiger partial charge in [0, 0.05) is 19.7 Å². The number of aliphatic hydroxyl groups is 1. The highest BCUT2D eigenvalue weighted by Crippen LogP contribution is 2.23. The van der Waals surface area contributed by atoms with Gasteiger partial charge in [0.2, 0.25) is 0 Å². The van der Waals surface area contributed by atoms with Crippen LogP contribution >= 0.6 is 0 Å². The molecule has 1 atom stereocenters.